The zero-order chi connectivity index (χ0) is 19.4. The third kappa shape index (κ3) is 4.88. The summed E-state index contributed by atoms with van der Waals surface area (Å²) in [5.74, 6) is -5.61. The maximum Gasteiger partial charge on any atom is 0.342 e. The first-order valence-corrected chi connectivity index (χ1v) is 8.31. The Morgan fingerprint density at radius 2 is 1.88 bits per heavy atom. The Balaban J connectivity index is 3.37. The SMILES string of the molecule is C=CC(=O)OC(C)(CC)OC(=O)c1cccc(S(=O)(=O)O)c1C(=O)O. The summed E-state index contributed by atoms with van der Waals surface area (Å²) in [6, 6.07) is 2.89. The molecule has 1 rings (SSSR count). The Kier molecular flexibility index (Phi) is 6.05. The summed E-state index contributed by atoms with van der Waals surface area (Å²) in [6.07, 6.45) is 0.877. The van der Waals surface area contributed by atoms with Gasteiger partial charge in [-0.15, -0.1) is 0 Å². The molecular formula is C15H16O9S. The van der Waals surface area contributed by atoms with Gasteiger partial charge in [0, 0.05) is 19.4 Å². The standard InChI is InChI=1S/C15H16O9S/c1-4-11(16)23-15(3,5-2)24-14(19)9-7-6-8-10(25(20,21)22)12(9)13(17)18/h4,6-8H,1,5H2,2-3H3,(H,17,18)(H,20,21,22). The highest BCUT2D eigenvalue weighted by atomic mass is 32.2. The van der Waals surface area contributed by atoms with Crippen LogP contribution in [0.5, 0.6) is 0 Å². The van der Waals surface area contributed by atoms with Crippen LogP contribution < -0.4 is 0 Å². The molecule has 9 nitrogen and oxygen atoms in total. The van der Waals surface area contributed by atoms with Crippen LogP contribution in [0.3, 0.4) is 0 Å². The van der Waals surface area contributed by atoms with Gasteiger partial charge in [0.05, 0.1) is 11.1 Å². The van der Waals surface area contributed by atoms with Gasteiger partial charge in [0.25, 0.3) is 15.9 Å². The van der Waals surface area contributed by atoms with Gasteiger partial charge in [-0.05, 0) is 12.1 Å². The fourth-order valence-electron chi connectivity index (χ4n) is 1.81. The second-order valence-corrected chi connectivity index (χ2v) is 6.35. The van der Waals surface area contributed by atoms with Crippen molar-refractivity contribution in [2.45, 2.75) is 31.0 Å². The van der Waals surface area contributed by atoms with Gasteiger partial charge >= 0.3 is 17.9 Å². The van der Waals surface area contributed by atoms with E-state index >= 15 is 0 Å². The van der Waals surface area contributed by atoms with Gasteiger partial charge in [-0.25, -0.2) is 14.4 Å². The van der Waals surface area contributed by atoms with Crippen LogP contribution in [0, 0.1) is 0 Å². The first kappa shape index (κ1) is 20.3. The lowest BCUT2D eigenvalue weighted by Crippen LogP contribution is -2.36. The molecule has 25 heavy (non-hydrogen) atoms. The Hall–Kier alpha value is -2.72. The van der Waals surface area contributed by atoms with Crippen molar-refractivity contribution in [1.29, 1.82) is 0 Å². The Morgan fingerprint density at radius 3 is 2.32 bits per heavy atom. The molecule has 0 aliphatic heterocycles. The van der Waals surface area contributed by atoms with Crippen molar-refractivity contribution in [3.05, 3.63) is 42.0 Å². The second-order valence-electron chi connectivity index (χ2n) is 4.96. The monoisotopic (exact) mass is 372 g/mol. The number of rotatable bonds is 7. The molecule has 1 unspecified atom stereocenters. The summed E-state index contributed by atoms with van der Waals surface area (Å²) in [5, 5.41) is 9.22. The number of carbonyl (C=O) groups is 3. The normalized spacial score (nSPS) is 13.4. The van der Waals surface area contributed by atoms with Crippen LogP contribution in [0.2, 0.25) is 0 Å². The minimum atomic E-state index is -4.89. The third-order valence-electron chi connectivity index (χ3n) is 3.17. The van der Waals surface area contributed by atoms with Gasteiger partial charge in [0.2, 0.25) is 0 Å². The molecule has 0 fully saturated rings. The second kappa shape index (κ2) is 7.45. The topological polar surface area (TPSA) is 144 Å². The number of hydrogen-bond donors (Lipinski definition) is 2. The van der Waals surface area contributed by atoms with Crippen molar-refractivity contribution in [3.8, 4) is 0 Å². The van der Waals surface area contributed by atoms with Crippen molar-refractivity contribution in [1.82, 2.24) is 0 Å². The van der Waals surface area contributed by atoms with Crippen LogP contribution in [0.1, 0.15) is 41.0 Å². The van der Waals surface area contributed by atoms with Crippen molar-refractivity contribution < 1.29 is 41.9 Å². The van der Waals surface area contributed by atoms with E-state index in [0.29, 0.717) is 0 Å². The van der Waals surface area contributed by atoms with E-state index in [1.807, 2.05) is 0 Å². The third-order valence-corrected chi connectivity index (χ3v) is 4.07. The molecular weight excluding hydrogens is 356 g/mol. The number of aromatic carboxylic acids is 1. The van der Waals surface area contributed by atoms with Crippen molar-refractivity contribution in [2.24, 2.45) is 0 Å². The molecule has 2 N–H and O–H groups in total. The first-order chi connectivity index (χ1) is 11.4. The van der Waals surface area contributed by atoms with E-state index < -0.39 is 49.8 Å². The fraction of sp³-hybridized carbons (Fsp3) is 0.267. The summed E-state index contributed by atoms with van der Waals surface area (Å²) in [6.45, 7) is 6.01. The number of carboxylic acid groups (broad SMARTS) is 1. The lowest BCUT2D eigenvalue weighted by Gasteiger charge is -2.27. The summed E-state index contributed by atoms with van der Waals surface area (Å²) < 4.78 is 41.7. The van der Waals surface area contributed by atoms with Gasteiger partial charge in [-0.2, -0.15) is 8.42 Å². The van der Waals surface area contributed by atoms with E-state index in [1.165, 1.54) is 13.8 Å². The summed E-state index contributed by atoms with van der Waals surface area (Å²) in [7, 11) is -4.89. The number of carbonyl (C=O) groups excluding carboxylic acids is 2. The molecule has 0 amide bonds. The molecule has 1 aromatic rings. The number of carboxylic acids is 1. The fourth-order valence-corrected chi connectivity index (χ4v) is 2.51. The average molecular weight is 372 g/mol. The molecule has 136 valence electrons. The lowest BCUT2D eigenvalue weighted by molar-refractivity contribution is -0.198. The predicted octanol–water partition coefficient (Wildman–Crippen LogP) is 1.64. The maximum atomic E-state index is 12.3. The highest BCUT2D eigenvalue weighted by molar-refractivity contribution is 7.86. The minimum Gasteiger partial charge on any atom is -0.478 e. The lowest BCUT2D eigenvalue weighted by atomic mass is 10.1. The molecule has 0 spiro atoms. The highest BCUT2D eigenvalue weighted by Crippen LogP contribution is 2.25. The number of esters is 2. The summed E-state index contributed by atoms with van der Waals surface area (Å²) >= 11 is 0. The van der Waals surface area contributed by atoms with Gasteiger partial charge in [-0.3, -0.25) is 4.55 Å². The molecule has 0 bridgehead atoms. The summed E-state index contributed by atoms with van der Waals surface area (Å²) in [5.41, 5.74) is -1.58. The minimum absolute atomic E-state index is 0.0265. The molecule has 1 aromatic carbocycles. The van der Waals surface area contributed by atoms with Crippen LogP contribution in [0.15, 0.2) is 35.7 Å². The molecule has 10 heteroatoms. The van der Waals surface area contributed by atoms with Gasteiger partial charge in [0.1, 0.15) is 4.90 Å². The Labute approximate surface area is 143 Å². The number of hydrogen-bond acceptors (Lipinski definition) is 7. The molecule has 0 aliphatic carbocycles. The molecule has 1 atom stereocenters. The van der Waals surface area contributed by atoms with Crippen molar-refractivity contribution >= 4 is 28.0 Å². The van der Waals surface area contributed by atoms with Gasteiger partial charge < -0.3 is 14.6 Å². The van der Waals surface area contributed by atoms with Gasteiger partial charge in [-0.1, -0.05) is 19.6 Å². The smallest absolute Gasteiger partial charge is 0.342 e. The maximum absolute atomic E-state index is 12.3. The first-order valence-electron chi connectivity index (χ1n) is 6.87. The molecule has 0 aliphatic rings. The van der Waals surface area contributed by atoms with E-state index in [-0.39, 0.29) is 6.42 Å². The van der Waals surface area contributed by atoms with Crippen molar-refractivity contribution in [2.75, 3.05) is 0 Å². The predicted molar refractivity (Wildman–Crippen MR) is 83.6 cm³/mol. The van der Waals surface area contributed by atoms with Crippen LogP contribution in [-0.4, -0.2) is 41.8 Å². The zero-order valence-electron chi connectivity index (χ0n) is 13.4. The Morgan fingerprint density at radius 1 is 1.28 bits per heavy atom. The summed E-state index contributed by atoms with van der Waals surface area (Å²) in [4.78, 5) is 34.1. The van der Waals surface area contributed by atoms with E-state index in [0.717, 1.165) is 24.3 Å². The van der Waals surface area contributed by atoms with Crippen molar-refractivity contribution in [3.63, 3.8) is 0 Å². The van der Waals surface area contributed by atoms with Crippen LogP contribution in [0.25, 0.3) is 0 Å². The quantitative estimate of drug-likeness (QED) is 0.316. The van der Waals surface area contributed by atoms with E-state index in [4.69, 9.17) is 14.0 Å². The molecule has 0 saturated heterocycles. The zero-order valence-corrected chi connectivity index (χ0v) is 14.2. The molecule has 0 aromatic heterocycles. The van der Waals surface area contributed by atoms with Crippen LogP contribution >= 0.6 is 0 Å². The highest BCUT2D eigenvalue weighted by Gasteiger charge is 2.34. The van der Waals surface area contributed by atoms with Gasteiger partial charge in [0.15, 0.2) is 0 Å². The van der Waals surface area contributed by atoms with Crippen LogP contribution in [0.4, 0.5) is 0 Å². The largest absolute Gasteiger partial charge is 0.478 e. The number of benzene rings is 1. The van der Waals surface area contributed by atoms with E-state index in [9.17, 15) is 27.9 Å². The number of ether oxygens (including phenoxy) is 2. The molecule has 0 saturated carbocycles. The van der Waals surface area contributed by atoms with E-state index in [2.05, 4.69) is 6.58 Å². The molecule has 0 heterocycles. The average Bonchev–Trinajstić information content (AvgIpc) is 2.52. The van der Waals surface area contributed by atoms with E-state index in [1.54, 1.807) is 0 Å². The van der Waals surface area contributed by atoms with Crippen LogP contribution in [-0.2, 0) is 24.4 Å². The Bertz CT molecular complexity index is 825. The molecule has 0 radical (unpaired) electrons.